The number of carbonyl (C=O) groups excluding carboxylic acids is 1. The van der Waals surface area contributed by atoms with Gasteiger partial charge in [-0.25, -0.2) is 8.42 Å². The SMILES string of the molecule is CC1CC1CN(C)C(=O)c1cc(Cl)cc(S(=O)(=O)Cl)c1Cl. The highest BCUT2D eigenvalue weighted by molar-refractivity contribution is 8.13. The van der Waals surface area contributed by atoms with Gasteiger partial charge in [0.25, 0.3) is 15.0 Å². The van der Waals surface area contributed by atoms with Crippen molar-refractivity contribution in [3.05, 3.63) is 27.7 Å². The number of halogens is 3. The Hall–Kier alpha value is -0.490. The van der Waals surface area contributed by atoms with Gasteiger partial charge in [0.15, 0.2) is 0 Å². The van der Waals surface area contributed by atoms with Crippen LogP contribution in [0.15, 0.2) is 17.0 Å². The third kappa shape index (κ3) is 3.83. The molecule has 2 rings (SSSR count). The van der Waals surface area contributed by atoms with E-state index in [0.29, 0.717) is 18.4 Å². The Balaban J connectivity index is 2.34. The van der Waals surface area contributed by atoms with Gasteiger partial charge in [-0.05, 0) is 30.4 Å². The Bertz CT molecular complexity index is 690. The summed E-state index contributed by atoms with van der Waals surface area (Å²) in [4.78, 5) is 13.6. The maximum absolute atomic E-state index is 12.4. The first-order valence-corrected chi connectivity index (χ1v) is 9.37. The summed E-state index contributed by atoms with van der Waals surface area (Å²) in [6.45, 7) is 2.72. The Morgan fingerprint density at radius 2 is 1.95 bits per heavy atom. The molecule has 4 nitrogen and oxygen atoms in total. The molecule has 1 aliphatic rings. The average Bonchev–Trinajstić information content (AvgIpc) is 3.05. The molecular formula is C13H14Cl3NO3S. The van der Waals surface area contributed by atoms with Gasteiger partial charge in [0.1, 0.15) is 4.90 Å². The lowest BCUT2D eigenvalue weighted by atomic mass is 10.2. The highest BCUT2D eigenvalue weighted by atomic mass is 35.7. The molecule has 1 amide bonds. The summed E-state index contributed by atoms with van der Waals surface area (Å²) in [5.74, 6) is 0.713. The monoisotopic (exact) mass is 369 g/mol. The topological polar surface area (TPSA) is 54.5 Å². The third-order valence-electron chi connectivity index (χ3n) is 3.63. The van der Waals surface area contributed by atoms with Crippen molar-refractivity contribution in [2.45, 2.75) is 18.2 Å². The second kappa shape index (κ2) is 5.95. The van der Waals surface area contributed by atoms with E-state index in [-0.39, 0.29) is 26.4 Å². The number of rotatable bonds is 4. The second-order valence-electron chi connectivity index (χ2n) is 5.36. The van der Waals surface area contributed by atoms with E-state index in [1.54, 1.807) is 7.05 Å². The summed E-state index contributed by atoms with van der Waals surface area (Å²) in [5, 5.41) is -0.106. The maximum Gasteiger partial charge on any atom is 0.262 e. The smallest absolute Gasteiger partial charge is 0.262 e. The van der Waals surface area contributed by atoms with Gasteiger partial charge < -0.3 is 4.90 Å². The van der Waals surface area contributed by atoms with Crippen LogP contribution in [0, 0.1) is 11.8 Å². The molecular weight excluding hydrogens is 357 g/mol. The Morgan fingerprint density at radius 1 is 1.38 bits per heavy atom. The quantitative estimate of drug-likeness (QED) is 0.760. The number of amides is 1. The molecule has 0 saturated heterocycles. The van der Waals surface area contributed by atoms with Crippen molar-refractivity contribution in [3.63, 3.8) is 0 Å². The molecule has 0 aromatic heterocycles. The van der Waals surface area contributed by atoms with Crippen molar-refractivity contribution in [2.75, 3.05) is 13.6 Å². The van der Waals surface area contributed by atoms with E-state index >= 15 is 0 Å². The molecule has 0 heterocycles. The summed E-state index contributed by atoms with van der Waals surface area (Å²) >= 11 is 11.9. The zero-order chi connectivity index (χ0) is 15.9. The molecule has 1 aliphatic carbocycles. The highest BCUT2D eigenvalue weighted by Crippen LogP contribution is 2.38. The fourth-order valence-electron chi connectivity index (χ4n) is 2.19. The van der Waals surface area contributed by atoms with Crippen LogP contribution in [0.2, 0.25) is 10.0 Å². The van der Waals surface area contributed by atoms with Gasteiger partial charge in [-0.2, -0.15) is 0 Å². The summed E-state index contributed by atoms with van der Waals surface area (Å²) < 4.78 is 23.0. The molecule has 1 aromatic carbocycles. The number of carbonyl (C=O) groups is 1. The minimum atomic E-state index is -4.07. The molecule has 0 spiro atoms. The minimum Gasteiger partial charge on any atom is -0.341 e. The third-order valence-corrected chi connectivity index (χ3v) is 5.71. The summed E-state index contributed by atoms with van der Waals surface area (Å²) in [5.41, 5.74) is 0.0409. The average molecular weight is 371 g/mol. The van der Waals surface area contributed by atoms with Crippen molar-refractivity contribution in [3.8, 4) is 0 Å². The van der Waals surface area contributed by atoms with Crippen LogP contribution in [0.5, 0.6) is 0 Å². The van der Waals surface area contributed by atoms with Crippen LogP contribution in [0.1, 0.15) is 23.7 Å². The van der Waals surface area contributed by atoms with Crippen LogP contribution in [0.4, 0.5) is 0 Å². The van der Waals surface area contributed by atoms with Gasteiger partial charge in [-0.15, -0.1) is 0 Å². The molecule has 0 bridgehead atoms. The van der Waals surface area contributed by atoms with Crippen molar-refractivity contribution in [2.24, 2.45) is 11.8 Å². The zero-order valence-corrected chi connectivity index (χ0v) is 14.5. The van der Waals surface area contributed by atoms with E-state index in [0.717, 1.165) is 12.5 Å². The first-order valence-electron chi connectivity index (χ1n) is 6.30. The number of hydrogen-bond donors (Lipinski definition) is 0. The fourth-order valence-corrected chi connectivity index (χ4v) is 4.04. The standard InChI is InChI=1S/C13H14Cl3NO3S/c1-7-3-8(7)6-17(2)13(18)10-4-9(14)5-11(12(10)15)21(16,19)20/h4-5,7-8H,3,6H2,1-2H3. The van der Waals surface area contributed by atoms with E-state index in [1.165, 1.54) is 11.0 Å². The van der Waals surface area contributed by atoms with Crippen LogP contribution >= 0.6 is 33.9 Å². The van der Waals surface area contributed by atoms with E-state index < -0.39 is 9.05 Å². The summed E-state index contributed by atoms with van der Waals surface area (Å²) in [6.07, 6.45) is 1.09. The van der Waals surface area contributed by atoms with Crippen LogP contribution in [-0.4, -0.2) is 32.8 Å². The van der Waals surface area contributed by atoms with Gasteiger partial charge in [-0.3, -0.25) is 4.79 Å². The van der Waals surface area contributed by atoms with Crippen LogP contribution in [0.25, 0.3) is 0 Å². The van der Waals surface area contributed by atoms with Crippen LogP contribution in [-0.2, 0) is 9.05 Å². The molecule has 2 atom stereocenters. The van der Waals surface area contributed by atoms with Crippen molar-refractivity contribution < 1.29 is 13.2 Å². The van der Waals surface area contributed by atoms with Crippen molar-refractivity contribution in [1.82, 2.24) is 4.90 Å². The van der Waals surface area contributed by atoms with E-state index in [1.807, 2.05) is 0 Å². The van der Waals surface area contributed by atoms with Gasteiger partial charge in [0.2, 0.25) is 0 Å². The Labute approximate surface area is 138 Å². The highest BCUT2D eigenvalue weighted by Gasteiger charge is 2.35. The Kier molecular flexibility index (Phi) is 4.78. The molecule has 1 fully saturated rings. The van der Waals surface area contributed by atoms with Gasteiger partial charge in [0, 0.05) is 29.3 Å². The van der Waals surface area contributed by atoms with Gasteiger partial charge in [0.05, 0.1) is 10.6 Å². The van der Waals surface area contributed by atoms with Crippen molar-refractivity contribution >= 4 is 48.8 Å². The molecule has 21 heavy (non-hydrogen) atoms. The van der Waals surface area contributed by atoms with E-state index in [4.69, 9.17) is 33.9 Å². The van der Waals surface area contributed by atoms with Crippen LogP contribution < -0.4 is 0 Å². The summed E-state index contributed by atoms with van der Waals surface area (Å²) in [7, 11) is 2.89. The molecule has 0 aliphatic heterocycles. The van der Waals surface area contributed by atoms with Crippen LogP contribution in [0.3, 0.4) is 0 Å². The zero-order valence-electron chi connectivity index (χ0n) is 11.4. The van der Waals surface area contributed by atoms with Gasteiger partial charge >= 0.3 is 0 Å². The lowest BCUT2D eigenvalue weighted by molar-refractivity contribution is 0.0787. The predicted molar refractivity (Wildman–Crippen MR) is 83.7 cm³/mol. The second-order valence-corrected chi connectivity index (χ2v) is 8.71. The molecule has 2 unspecified atom stereocenters. The minimum absolute atomic E-state index is 0.0409. The number of nitrogens with zero attached hydrogens (tertiary/aromatic N) is 1. The molecule has 8 heteroatoms. The first kappa shape index (κ1) is 16.9. The normalized spacial score (nSPS) is 21.2. The first-order chi connectivity index (χ1) is 9.61. The molecule has 116 valence electrons. The number of hydrogen-bond acceptors (Lipinski definition) is 3. The molecule has 1 aromatic rings. The lowest BCUT2D eigenvalue weighted by Crippen LogP contribution is -2.29. The number of benzene rings is 1. The summed E-state index contributed by atoms with van der Waals surface area (Å²) in [6, 6.07) is 2.48. The van der Waals surface area contributed by atoms with E-state index in [2.05, 4.69) is 6.92 Å². The van der Waals surface area contributed by atoms with Gasteiger partial charge in [-0.1, -0.05) is 30.1 Å². The van der Waals surface area contributed by atoms with Crippen molar-refractivity contribution in [1.29, 1.82) is 0 Å². The lowest BCUT2D eigenvalue weighted by Gasteiger charge is -2.18. The van der Waals surface area contributed by atoms with E-state index in [9.17, 15) is 13.2 Å². The maximum atomic E-state index is 12.4. The molecule has 0 radical (unpaired) electrons. The molecule has 1 saturated carbocycles. The molecule has 0 N–H and O–H groups in total. The Morgan fingerprint density at radius 3 is 2.43 bits per heavy atom. The predicted octanol–water partition coefficient (Wildman–Crippen LogP) is 3.65. The largest absolute Gasteiger partial charge is 0.341 e. The fraction of sp³-hybridized carbons (Fsp3) is 0.462.